The quantitative estimate of drug-likeness (QED) is 0.706. The van der Waals surface area contributed by atoms with Gasteiger partial charge in [0, 0.05) is 12.5 Å². The summed E-state index contributed by atoms with van der Waals surface area (Å²) in [6.07, 6.45) is -0.111. The minimum absolute atomic E-state index is 0.0985. The maximum absolute atomic E-state index is 5.11. The predicted molar refractivity (Wildman–Crippen MR) is 48.4 cm³/mol. The number of methoxy groups -OCH3 is 1. The van der Waals surface area contributed by atoms with E-state index in [1.807, 2.05) is 27.7 Å². The fourth-order valence-corrected chi connectivity index (χ4v) is 0.810. The zero-order chi connectivity index (χ0) is 10.1. The number of nitrogens with zero attached hydrogens (tertiary/aromatic N) is 2. The first-order chi connectivity index (χ1) is 5.95. The summed E-state index contributed by atoms with van der Waals surface area (Å²) in [6.45, 7) is 7.97. The van der Waals surface area contributed by atoms with Gasteiger partial charge in [0.1, 0.15) is 6.10 Å². The molecule has 0 aliphatic heterocycles. The fraction of sp³-hybridized carbons (Fsp3) is 0.778. The Morgan fingerprint density at radius 1 is 1.38 bits per heavy atom. The van der Waals surface area contributed by atoms with Crippen LogP contribution in [0.3, 0.4) is 0 Å². The zero-order valence-electron chi connectivity index (χ0n) is 8.79. The van der Waals surface area contributed by atoms with Gasteiger partial charge in [0.2, 0.25) is 5.89 Å². The topological polar surface area (TPSA) is 48.2 Å². The smallest absolute Gasteiger partial charge is 0.232 e. The molecule has 4 nitrogen and oxygen atoms in total. The van der Waals surface area contributed by atoms with Gasteiger partial charge in [-0.1, -0.05) is 25.9 Å². The Labute approximate surface area is 78.3 Å². The van der Waals surface area contributed by atoms with Crippen LogP contribution in [0, 0.1) is 0 Å². The highest BCUT2D eigenvalue weighted by Crippen LogP contribution is 2.21. The van der Waals surface area contributed by atoms with Gasteiger partial charge in [-0.2, -0.15) is 4.98 Å². The molecule has 0 N–H and O–H groups in total. The molecule has 1 aromatic rings. The third-order valence-corrected chi connectivity index (χ3v) is 1.80. The highest BCUT2D eigenvalue weighted by atomic mass is 16.5. The van der Waals surface area contributed by atoms with E-state index in [2.05, 4.69) is 10.1 Å². The lowest BCUT2D eigenvalue weighted by atomic mass is 9.97. The second-order valence-corrected chi connectivity index (χ2v) is 4.09. The van der Waals surface area contributed by atoms with Crippen LogP contribution < -0.4 is 0 Å². The Bertz CT molecular complexity index is 275. The average Bonchev–Trinajstić information content (AvgIpc) is 2.50. The van der Waals surface area contributed by atoms with Gasteiger partial charge in [-0.05, 0) is 6.92 Å². The molecule has 0 amide bonds. The zero-order valence-corrected chi connectivity index (χ0v) is 8.79. The number of aromatic nitrogens is 2. The van der Waals surface area contributed by atoms with E-state index in [4.69, 9.17) is 9.26 Å². The van der Waals surface area contributed by atoms with Crippen molar-refractivity contribution in [3.63, 3.8) is 0 Å². The maximum atomic E-state index is 5.11. The minimum Gasteiger partial charge on any atom is -0.374 e. The molecule has 0 radical (unpaired) electrons. The van der Waals surface area contributed by atoms with Gasteiger partial charge in [-0.25, -0.2) is 0 Å². The predicted octanol–water partition coefficient (Wildman–Crippen LogP) is 2.07. The van der Waals surface area contributed by atoms with Crippen LogP contribution in [0.15, 0.2) is 4.52 Å². The van der Waals surface area contributed by atoms with E-state index in [0.717, 1.165) is 0 Å². The lowest BCUT2D eigenvalue weighted by Crippen LogP contribution is -2.11. The Morgan fingerprint density at radius 3 is 2.38 bits per heavy atom. The van der Waals surface area contributed by atoms with E-state index in [0.29, 0.717) is 11.7 Å². The molecule has 0 aliphatic carbocycles. The molecule has 0 saturated heterocycles. The van der Waals surface area contributed by atoms with Gasteiger partial charge < -0.3 is 9.26 Å². The first kappa shape index (κ1) is 10.2. The van der Waals surface area contributed by atoms with Gasteiger partial charge in [0.25, 0.3) is 0 Å². The Hall–Kier alpha value is -0.900. The summed E-state index contributed by atoms with van der Waals surface area (Å²) in [5, 5.41) is 3.84. The highest BCUT2D eigenvalue weighted by molar-refractivity contribution is 4.99. The number of hydrogen-bond donors (Lipinski definition) is 0. The molecular weight excluding hydrogens is 168 g/mol. The van der Waals surface area contributed by atoms with Gasteiger partial charge in [0.15, 0.2) is 5.82 Å². The van der Waals surface area contributed by atoms with E-state index in [9.17, 15) is 0 Å². The van der Waals surface area contributed by atoms with Crippen LogP contribution >= 0.6 is 0 Å². The summed E-state index contributed by atoms with van der Waals surface area (Å²) < 4.78 is 10.2. The van der Waals surface area contributed by atoms with Crippen LogP contribution in [0.4, 0.5) is 0 Å². The van der Waals surface area contributed by atoms with Crippen molar-refractivity contribution in [3.05, 3.63) is 11.7 Å². The van der Waals surface area contributed by atoms with Crippen LogP contribution in [-0.2, 0) is 10.2 Å². The normalized spacial score (nSPS) is 14.5. The third kappa shape index (κ3) is 2.28. The molecule has 1 atom stereocenters. The molecule has 1 aromatic heterocycles. The molecule has 0 fully saturated rings. The molecule has 0 spiro atoms. The van der Waals surface area contributed by atoms with Crippen molar-refractivity contribution in [2.45, 2.75) is 39.2 Å². The van der Waals surface area contributed by atoms with Crippen LogP contribution in [0.1, 0.15) is 45.5 Å². The van der Waals surface area contributed by atoms with Gasteiger partial charge in [-0.15, -0.1) is 0 Å². The van der Waals surface area contributed by atoms with Gasteiger partial charge >= 0.3 is 0 Å². The molecule has 13 heavy (non-hydrogen) atoms. The second-order valence-electron chi connectivity index (χ2n) is 4.09. The molecule has 0 bridgehead atoms. The average molecular weight is 184 g/mol. The molecule has 1 heterocycles. The molecule has 0 aromatic carbocycles. The van der Waals surface area contributed by atoms with Crippen LogP contribution in [0.2, 0.25) is 0 Å². The van der Waals surface area contributed by atoms with Crippen molar-refractivity contribution >= 4 is 0 Å². The van der Waals surface area contributed by atoms with Crippen molar-refractivity contribution in [2.24, 2.45) is 0 Å². The summed E-state index contributed by atoms with van der Waals surface area (Å²) in [4.78, 5) is 4.25. The monoisotopic (exact) mass is 184 g/mol. The summed E-state index contributed by atoms with van der Waals surface area (Å²) in [7, 11) is 1.62. The van der Waals surface area contributed by atoms with Crippen LogP contribution in [-0.4, -0.2) is 17.3 Å². The second kappa shape index (κ2) is 3.46. The fourth-order valence-electron chi connectivity index (χ4n) is 0.810. The number of rotatable bonds is 2. The molecule has 0 saturated carbocycles. The first-order valence-corrected chi connectivity index (χ1v) is 4.32. The third-order valence-electron chi connectivity index (χ3n) is 1.80. The van der Waals surface area contributed by atoms with E-state index >= 15 is 0 Å². The lowest BCUT2D eigenvalue weighted by Gasteiger charge is -2.10. The lowest BCUT2D eigenvalue weighted by molar-refractivity contribution is 0.109. The maximum Gasteiger partial charge on any atom is 0.232 e. The molecule has 0 aliphatic rings. The largest absolute Gasteiger partial charge is 0.374 e. The van der Waals surface area contributed by atoms with Crippen molar-refractivity contribution < 1.29 is 9.26 Å². The first-order valence-electron chi connectivity index (χ1n) is 4.32. The van der Waals surface area contributed by atoms with E-state index < -0.39 is 0 Å². The minimum atomic E-state index is -0.111. The van der Waals surface area contributed by atoms with E-state index in [-0.39, 0.29) is 11.5 Å². The number of hydrogen-bond acceptors (Lipinski definition) is 4. The van der Waals surface area contributed by atoms with Crippen molar-refractivity contribution in [3.8, 4) is 0 Å². The van der Waals surface area contributed by atoms with Crippen LogP contribution in [0.5, 0.6) is 0 Å². The van der Waals surface area contributed by atoms with E-state index in [1.165, 1.54) is 0 Å². The summed E-state index contributed by atoms with van der Waals surface area (Å²) in [5.41, 5.74) is -0.0985. The van der Waals surface area contributed by atoms with E-state index in [1.54, 1.807) is 7.11 Å². The standard InChI is InChI=1S/C9H16N2O2/c1-6(12-5)7-10-8(13-11-7)9(2,3)4/h6H,1-5H3. The van der Waals surface area contributed by atoms with Crippen molar-refractivity contribution in [1.29, 1.82) is 0 Å². The summed E-state index contributed by atoms with van der Waals surface area (Å²) >= 11 is 0. The van der Waals surface area contributed by atoms with Crippen LogP contribution in [0.25, 0.3) is 0 Å². The number of ether oxygens (including phenoxy) is 1. The van der Waals surface area contributed by atoms with Crippen molar-refractivity contribution in [1.82, 2.24) is 10.1 Å². The molecular formula is C9H16N2O2. The molecule has 1 rings (SSSR count). The van der Waals surface area contributed by atoms with Crippen molar-refractivity contribution in [2.75, 3.05) is 7.11 Å². The Kier molecular flexibility index (Phi) is 2.71. The van der Waals surface area contributed by atoms with Gasteiger partial charge in [0.05, 0.1) is 0 Å². The molecule has 74 valence electrons. The molecule has 4 heteroatoms. The molecule has 1 unspecified atom stereocenters. The Morgan fingerprint density at radius 2 is 2.00 bits per heavy atom. The summed E-state index contributed by atoms with van der Waals surface area (Å²) in [5.74, 6) is 1.25. The SMILES string of the molecule is COC(C)c1noc(C(C)(C)C)n1. The highest BCUT2D eigenvalue weighted by Gasteiger charge is 2.23. The van der Waals surface area contributed by atoms with Gasteiger partial charge in [-0.3, -0.25) is 0 Å². The Balaban J connectivity index is 2.87. The summed E-state index contributed by atoms with van der Waals surface area (Å²) in [6, 6.07) is 0.